The average molecular weight is 248 g/mol. The second kappa shape index (κ2) is 4.92. The van der Waals surface area contributed by atoms with E-state index in [4.69, 9.17) is 0 Å². The molecule has 0 aliphatic rings. The summed E-state index contributed by atoms with van der Waals surface area (Å²) >= 11 is 0. The molecule has 0 bridgehead atoms. The maximum absolute atomic E-state index is 12.1. The normalized spacial score (nSPS) is 15.8. The third-order valence-electron chi connectivity index (χ3n) is 0.942. The Morgan fingerprint density at radius 3 is 1.73 bits per heavy atom. The average Bonchev–Trinajstić information content (AvgIpc) is 2.01. The summed E-state index contributed by atoms with van der Waals surface area (Å²) in [5.74, 6) is 0. The molecule has 92 valence electrons. The summed E-state index contributed by atoms with van der Waals surface area (Å²) in [4.78, 5) is 0. The summed E-state index contributed by atoms with van der Waals surface area (Å²) in [6.07, 6.45) is -14.3. The first-order chi connectivity index (χ1) is 6.60. The van der Waals surface area contributed by atoms with Gasteiger partial charge in [0.1, 0.15) is 0 Å². The molecular weight excluding hydrogens is 244 g/mol. The van der Waals surface area contributed by atoms with Gasteiger partial charge in [0, 0.05) is 0 Å². The first-order valence-corrected chi connectivity index (χ1v) is 3.20. The lowest BCUT2D eigenvalue weighted by atomic mass is 10.6. The van der Waals surface area contributed by atoms with Crippen molar-refractivity contribution < 1.29 is 44.6 Å². The fourth-order valence-corrected chi connectivity index (χ4v) is 0.424. The van der Waals surface area contributed by atoms with Crippen LogP contribution in [0.15, 0.2) is 0 Å². The van der Waals surface area contributed by atoms with Crippen LogP contribution in [0.25, 0.3) is 0 Å². The number of ether oxygens (including phenoxy) is 2. The number of alkyl halides is 8. The Kier molecular flexibility index (Phi) is 4.71. The number of halogens is 8. The van der Waals surface area contributed by atoms with Gasteiger partial charge < -0.3 is 0 Å². The van der Waals surface area contributed by atoms with Crippen LogP contribution in [0.3, 0.4) is 0 Å². The maximum atomic E-state index is 12.1. The SMILES string of the molecule is FCC(F)(F)OC(F)C(F)(F)OC(F)F. The van der Waals surface area contributed by atoms with Crippen molar-refractivity contribution in [2.75, 3.05) is 6.67 Å². The topological polar surface area (TPSA) is 18.5 Å². The molecule has 0 aliphatic heterocycles. The zero-order valence-corrected chi connectivity index (χ0v) is 6.70. The third kappa shape index (κ3) is 5.11. The minimum Gasteiger partial charge on any atom is -0.275 e. The summed E-state index contributed by atoms with van der Waals surface area (Å²) in [6.45, 7) is -6.68. The molecule has 0 saturated heterocycles. The van der Waals surface area contributed by atoms with Gasteiger partial charge in [-0.1, -0.05) is 0 Å². The Bertz CT molecular complexity index is 195. The highest BCUT2D eigenvalue weighted by Gasteiger charge is 2.50. The zero-order valence-electron chi connectivity index (χ0n) is 6.70. The van der Waals surface area contributed by atoms with Gasteiger partial charge in [-0.25, -0.2) is 8.78 Å². The minimum absolute atomic E-state index is 2.37. The lowest BCUT2D eigenvalue weighted by Crippen LogP contribution is -2.41. The molecule has 0 rings (SSSR count). The van der Waals surface area contributed by atoms with Gasteiger partial charge in [0.2, 0.25) is 0 Å². The first kappa shape index (κ1) is 14.4. The molecule has 0 heterocycles. The predicted molar refractivity (Wildman–Crippen MR) is 28.9 cm³/mol. The van der Waals surface area contributed by atoms with Gasteiger partial charge in [0.05, 0.1) is 0 Å². The second-order valence-corrected chi connectivity index (χ2v) is 2.15. The van der Waals surface area contributed by atoms with Crippen LogP contribution in [0.2, 0.25) is 0 Å². The van der Waals surface area contributed by atoms with Crippen molar-refractivity contribution in [3.05, 3.63) is 0 Å². The minimum atomic E-state index is -5.30. The highest BCUT2D eigenvalue weighted by molar-refractivity contribution is 4.60. The van der Waals surface area contributed by atoms with Crippen LogP contribution in [0.1, 0.15) is 0 Å². The summed E-state index contributed by atoms with van der Waals surface area (Å²) in [7, 11) is 0. The lowest BCUT2D eigenvalue weighted by molar-refractivity contribution is -0.417. The molecule has 1 atom stereocenters. The van der Waals surface area contributed by atoms with Crippen molar-refractivity contribution in [3.63, 3.8) is 0 Å². The summed E-state index contributed by atoms with van der Waals surface area (Å²) < 4.78 is 98.7. The molecule has 10 heteroatoms. The molecule has 0 aromatic rings. The van der Waals surface area contributed by atoms with Crippen LogP contribution >= 0.6 is 0 Å². The van der Waals surface area contributed by atoms with E-state index in [2.05, 4.69) is 9.47 Å². The summed E-state index contributed by atoms with van der Waals surface area (Å²) in [5.41, 5.74) is 0. The molecule has 0 fully saturated rings. The Morgan fingerprint density at radius 2 is 1.40 bits per heavy atom. The van der Waals surface area contributed by atoms with Gasteiger partial charge in [-0.2, -0.15) is 26.3 Å². The van der Waals surface area contributed by atoms with Crippen molar-refractivity contribution in [1.29, 1.82) is 0 Å². The van der Waals surface area contributed by atoms with Crippen LogP contribution in [0, 0.1) is 0 Å². The Hall–Kier alpha value is -0.640. The standard InChI is InChI=1S/C5H4F8O2/c6-1-4(10,11)14-2(7)5(12,13)15-3(8)9/h2-3H,1H2. The van der Waals surface area contributed by atoms with E-state index in [9.17, 15) is 35.1 Å². The molecule has 0 N–H and O–H groups in total. The van der Waals surface area contributed by atoms with E-state index in [0.29, 0.717) is 0 Å². The smallest absolute Gasteiger partial charge is 0.275 e. The molecule has 1 unspecified atom stereocenters. The molecule has 0 radical (unpaired) electrons. The number of rotatable bonds is 6. The summed E-state index contributed by atoms with van der Waals surface area (Å²) in [5, 5.41) is 0. The monoisotopic (exact) mass is 248 g/mol. The van der Waals surface area contributed by atoms with Crippen LogP contribution in [-0.2, 0) is 9.47 Å². The molecule has 0 aliphatic carbocycles. The highest BCUT2D eigenvalue weighted by atomic mass is 19.3. The fraction of sp³-hybridized carbons (Fsp3) is 1.00. The van der Waals surface area contributed by atoms with E-state index in [1.807, 2.05) is 0 Å². The van der Waals surface area contributed by atoms with E-state index in [1.165, 1.54) is 0 Å². The van der Waals surface area contributed by atoms with Crippen molar-refractivity contribution in [2.45, 2.75) is 25.2 Å². The van der Waals surface area contributed by atoms with E-state index in [0.717, 1.165) is 0 Å². The van der Waals surface area contributed by atoms with Crippen LogP contribution in [-0.4, -0.2) is 31.9 Å². The largest absolute Gasteiger partial charge is 0.416 e. The first-order valence-electron chi connectivity index (χ1n) is 3.20. The van der Waals surface area contributed by atoms with Crippen LogP contribution in [0.4, 0.5) is 35.1 Å². The van der Waals surface area contributed by atoms with Crippen molar-refractivity contribution in [2.24, 2.45) is 0 Å². The predicted octanol–water partition coefficient (Wildman–Crippen LogP) is 2.69. The van der Waals surface area contributed by atoms with Gasteiger partial charge in [0.25, 0.3) is 6.36 Å². The molecule has 0 aromatic carbocycles. The molecule has 0 saturated carbocycles. The van der Waals surface area contributed by atoms with Crippen LogP contribution < -0.4 is 0 Å². The van der Waals surface area contributed by atoms with E-state index in [-0.39, 0.29) is 0 Å². The lowest BCUT2D eigenvalue weighted by Gasteiger charge is -2.23. The Morgan fingerprint density at radius 1 is 0.933 bits per heavy atom. The molecular formula is C5H4F8O2. The zero-order chi connectivity index (χ0) is 12.3. The Labute approximate surface area is 77.8 Å². The van der Waals surface area contributed by atoms with Gasteiger partial charge >= 0.3 is 18.8 Å². The highest BCUT2D eigenvalue weighted by Crippen LogP contribution is 2.31. The van der Waals surface area contributed by atoms with Crippen LogP contribution in [0.5, 0.6) is 0 Å². The van der Waals surface area contributed by atoms with Crippen molar-refractivity contribution in [1.82, 2.24) is 0 Å². The van der Waals surface area contributed by atoms with Gasteiger partial charge in [0.15, 0.2) is 6.67 Å². The fourth-order valence-electron chi connectivity index (χ4n) is 0.424. The van der Waals surface area contributed by atoms with E-state index < -0.39 is 31.9 Å². The molecule has 0 aromatic heterocycles. The van der Waals surface area contributed by atoms with Gasteiger partial charge in [-0.15, -0.1) is 0 Å². The summed E-state index contributed by atoms with van der Waals surface area (Å²) in [6, 6.07) is 0. The quantitative estimate of drug-likeness (QED) is 0.673. The molecule has 15 heavy (non-hydrogen) atoms. The Balaban J connectivity index is 4.36. The molecule has 0 amide bonds. The molecule has 0 spiro atoms. The van der Waals surface area contributed by atoms with Crippen molar-refractivity contribution in [3.8, 4) is 0 Å². The van der Waals surface area contributed by atoms with Gasteiger partial charge in [-0.05, 0) is 0 Å². The van der Waals surface area contributed by atoms with Crippen molar-refractivity contribution >= 4 is 0 Å². The second-order valence-electron chi connectivity index (χ2n) is 2.15. The number of hydrogen-bond donors (Lipinski definition) is 0. The third-order valence-corrected chi connectivity index (χ3v) is 0.942. The molecule has 2 nitrogen and oxygen atoms in total. The van der Waals surface area contributed by atoms with E-state index in [1.54, 1.807) is 0 Å². The maximum Gasteiger partial charge on any atom is 0.416 e. The van der Waals surface area contributed by atoms with Gasteiger partial charge in [-0.3, -0.25) is 9.47 Å². The van der Waals surface area contributed by atoms with E-state index >= 15 is 0 Å². The number of hydrogen-bond acceptors (Lipinski definition) is 2.